The highest BCUT2D eigenvalue weighted by Crippen LogP contribution is 2.36. The molecule has 1 aromatic rings. The molecular weight excluding hydrogens is 351 g/mol. The molecule has 0 aromatic heterocycles. The largest absolute Gasteiger partial charge is 0.416 e. The highest BCUT2D eigenvalue weighted by Gasteiger charge is 2.36. The van der Waals surface area contributed by atoms with E-state index in [0.29, 0.717) is 38.4 Å². The van der Waals surface area contributed by atoms with Crippen LogP contribution in [0.5, 0.6) is 0 Å². The van der Waals surface area contributed by atoms with Crippen LogP contribution in [-0.4, -0.2) is 40.8 Å². The monoisotopic (exact) mass is 380 g/mol. The molecule has 0 unspecified atom stereocenters. The molecule has 8 heteroatoms. The van der Waals surface area contributed by atoms with E-state index in [0.717, 1.165) is 5.69 Å². The zero-order chi connectivity index (χ0) is 19.4. The number of hydrogen-bond acceptors (Lipinski definition) is 4. The molecule has 6 nitrogen and oxygen atoms in total. The molecule has 0 N–H and O–H groups in total. The van der Waals surface area contributed by atoms with Crippen molar-refractivity contribution in [3.63, 3.8) is 0 Å². The number of ether oxygens (including phenoxy) is 1. The van der Waals surface area contributed by atoms with Gasteiger partial charge in [-0.1, -0.05) is 32.0 Å². The number of benzene rings is 1. The van der Waals surface area contributed by atoms with Crippen LogP contribution < -0.4 is 4.90 Å². The third-order valence-corrected chi connectivity index (χ3v) is 9.82. The van der Waals surface area contributed by atoms with E-state index in [4.69, 9.17) is 14.7 Å². The van der Waals surface area contributed by atoms with Crippen molar-refractivity contribution >= 4 is 14.0 Å². The summed E-state index contributed by atoms with van der Waals surface area (Å²) >= 11 is 0. The summed E-state index contributed by atoms with van der Waals surface area (Å²) in [7, 11) is -1.81. The molecule has 0 radical (unpaired) electrons. The van der Waals surface area contributed by atoms with Crippen LogP contribution in [0.15, 0.2) is 23.3 Å². The lowest BCUT2D eigenvalue weighted by Crippen LogP contribution is -2.41. The molecule has 1 aromatic carbocycles. The lowest BCUT2D eigenvalue weighted by atomic mass is 10.1. The minimum Gasteiger partial charge on any atom is -0.416 e. The van der Waals surface area contributed by atoms with Crippen LogP contribution in [0.1, 0.15) is 26.3 Å². The summed E-state index contributed by atoms with van der Waals surface area (Å²) in [4.78, 5) is 4.68. The summed E-state index contributed by atoms with van der Waals surface area (Å²) in [6.45, 7) is 12.8. The molecule has 0 bridgehead atoms. The highest BCUT2D eigenvalue weighted by molar-refractivity contribution is 6.74. The van der Waals surface area contributed by atoms with Gasteiger partial charge in [0.15, 0.2) is 8.32 Å². The van der Waals surface area contributed by atoms with Gasteiger partial charge >= 0.3 is 0 Å². The maximum atomic E-state index is 14.5. The zero-order valence-electron chi connectivity index (χ0n) is 16.3. The summed E-state index contributed by atoms with van der Waals surface area (Å²) in [6.07, 6.45) is 0.417. The molecule has 2 rings (SSSR count). The van der Waals surface area contributed by atoms with Gasteiger partial charge in [-0.05, 0) is 47.8 Å². The van der Waals surface area contributed by atoms with Gasteiger partial charge in [-0.3, -0.25) is 0 Å². The van der Waals surface area contributed by atoms with Gasteiger partial charge in [0, 0.05) is 23.8 Å². The van der Waals surface area contributed by atoms with E-state index in [1.54, 1.807) is 6.07 Å². The second kappa shape index (κ2) is 8.39. The lowest BCUT2D eigenvalue weighted by molar-refractivity contribution is 0.122. The molecule has 1 fully saturated rings. The predicted octanol–water partition coefficient (Wildman–Crippen LogP) is 4.86. The Morgan fingerprint density at radius 3 is 2.77 bits per heavy atom. The Morgan fingerprint density at radius 1 is 1.42 bits per heavy atom. The van der Waals surface area contributed by atoms with E-state index < -0.39 is 8.32 Å². The van der Waals surface area contributed by atoms with Gasteiger partial charge in [-0.25, -0.2) is 4.39 Å². The van der Waals surface area contributed by atoms with Crippen molar-refractivity contribution in [2.45, 2.75) is 51.4 Å². The minimum atomic E-state index is -1.81. The van der Waals surface area contributed by atoms with E-state index >= 15 is 0 Å². The number of nitrogens with zero attached hydrogens (tertiary/aromatic N) is 4. The Labute approximate surface area is 156 Å². The average Bonchev–Trinajstić information content (AvgIpc) is 3.02. The second-order valence-corrected chi connectivity index (χ2v) is 13.0. The Morgan fingerprint density at radius 2 is 2.15 bits per heavy atom. The van der Waals surface area contributed by atoms with E-state index in [-0.39, 0.29) is 17.0 Å². The molecule has 1 saturated heterocycles. The molecule has 0 saturated carbocycles. The number of anilines is 1. The molecule has 1 aliphatic rings. The lowest BCUT2D eigenvalue weighted by Gasteiger charge is -2.36. The summed E-state index contributed by atoms with van der Waals surface area (Å²) < 4.78 is 26.2. The quantitative estimate of drug-likeness (QED) is 0.293. The van der Waals surface area contributed by atoms with Crippen LogP contribution in [-0.2, 0) is 15.6 Å². The maximum Gasteiger partial charge on any atom is 0.191 e. The Bertz CT molecular complexity index is 672. The maximum absolute atomic E-state index is 14.5. The predicted molar refractivity (Wildman–Crippen MR) is 104 cm³/mol. The van der Waals surface area contributed by atoms with E-state index in [9.17, 15) is 4.39 Å². The van der Waals surface area contributed by atoms with Crippen molar-refractivity contribution in [2.24, 2.45) is 5.11 Å². The van der Waals surface area contributed by atoms with Crippen LogP contribution in [0.4, 0.5) is 10.1 Å². The fraction of sp³-hybridized carbons (Fsp3) is 0.667. The molecule has 1 atom stereocenters. The summed E-state index contributed by atoms with van der Waals surface area (Å²) in [5, 5.41) is 3.68. The van der Waals surface area contributed by atoms with Crippen molar-refractivity contribution in [1.82, 2.24) is 0 Å². The van der Waals surface area contributed by atoms with Crippen molar-refractivity contribution in [3.8, 4) is 0 Å². The number of hydrogen-bond donors (Lipinski definition) is 0. The van der Waals surface area contributed by atoms with Gasteiger partial charge < -0.3 is 14.1 Å². The third-order valence-electron chi connectivity index (χ3n) is 5.28. The van der Waals surface area contributed by atoms with Crippen molar-refractivity contribution < 1.29 is 13.6 Å². The number of rotatable bonds is 7. The van der Waals surface area contributed by atoms with Gasteiger partial charge in [0.05, 0.1) is 12.6 Å². The van der Waals surface area contributed by atoms with Crippen LogP contribution >= 0.6 is 0 Å². The third kappa shape index (κ3) is 5.20. The van der Waals surface area contributed by atoms with Gasteiger partial charge in [0.2, 0.25) is 0 Å². The van der Waals surface area contributed by atoms with Crippen LogP contribution in [0.25, 0.3) is 10.4 Å². The average molecular weight is 381 g/mol. The Kier molecular flexibility index (Phi) is 6.68. The van der Waals surface area contributed by atoms with Crippen molar-refractivity contribution in [1.29, 1.82) is 0 Å². The molecule has 0 spiro atoms. The van der Waals surface area contributed by atoms with Crippen molar-refractivity contribution in [3.05, 3.63) is 40.0 Å². The fourth-order valence-electron chi connectivity index (χ4n) is 2.53. The summed E-state index contributed by atoms with van der Waals surface area (Å²) in [6, 6.07) is 5.27. The first kappa shape index (κ1) is 20.7. The molecular formula is C18H29FN4O2Si. The van der Waals surface area contributed by atoms with Gasteiger partial charge in [0.25, 0.3) is 0 Å². The van der Waals surface area contributed by atoms with Crippen LogP contribution in [0, 0.1) is 5.82 Å². The van der Waals surface area contributed by atoms with Crippen LogP contribution in [0.2, 0.25) is 18.1 Å². The van der Waals surface area contributed by atoms with Gasteiger partial charge in [-0.15, -0.1) is 0 Å². The van der Waals surface area contributed by atoms with Crippen molar-refractivity contribution in [2.75, 3.05) is 31.3 Å². The molecule has 1 heterocycles. The SMILES string of the molecule is CC(C)(C)[Si](C)(C)OCCc1ccc(N2CO[C@@H](CN=[N+]=[N-])C2)cc1F. The first-order chi connectivity index (χ1) is 12.1. The van der Waals surface area contributed by atoms with E-state index in [1.165, 1.54) is 0 Å². The molecule has 0 amide bonds. The smallest absolute Gasteiger partial charge is 0.191 e. The van der Waals surface area contributed by atoms with Crippen LogP contribution in [0.3, 0.4) is 0 Å². The first-order valence-corrected chi connectivity index (χ1v) is 11.8. The fourth-order valence-corrected chi connectivity index (χ4v) is 3.58. The van der Waals surface area contributed by atoms with Gasteiger partial charge in [-0.2, -0.15) is 0 Å². The highest BCUT2D eigenvalue weighted by atomic mass is 28.4. The van der Waals surface area contributed by atoms with Gasteiger partial charge in [0.1, 0.15) is 12.5 Å². The molecule has 26 heavy (non-hydrogen) atoms. The van der Waals surface area contributed by atoms with E-state index in [1.807, 2.05) is 17.0 Å². The molecule has 144 valence electrons. The van der Waals surface area contributed by atoms with E-state index in [2.05, 4.69) is 43.9 Å². The Hall–Kier alpha value is -1.60. The summed E-state index contributed by atoms with van der Waals surface area (Å²) in [5.41, 5.74) is 9.82. The number of halogens is 1. The first-order valence-electron chi connectivity index (χ1n) is 8.94. The zero-order valence-corrected chi connectivity index (χ0v) is 17.3. The Balaban J connectivity index is 1.92. The molecule has 0 aliphatic carbocycles. The standard InChI is InChI=1S/C18H29FN4O2Si/c1-18(2,3)26(4,5)25-9-8-14-6-7-15(10-17(14)19)23-12-16(24-13-23)11-21-22-20/h6-7,10,16H,8-9,11-13H2,1-5H3/t16-/m0/s1. The molecule has 1 aliphatic heterocycles. The topological polar surface area (TPSA) is 70.5 Å². The minimum absolute atomic E-state index is 0.147. The second-order valence-electron chi connectivity index (χ2n) is 8.19. The summed E-state index contributed by atoms with van der Waals surface area (Å²) in [5.74, 6) is -0.222. The number of azide groups is 1. The normalized spacial score (nSPS) is 18.1.